The second-order valence-electron chi connectivity index (χ2n) is 8.25. The van der Waals surface area contributed by atoms with E-state index in [4.69, 9.17) is 9.15 Å². The molecule has 6 rings (SSSR count). The summed E-state index contributed by atoms with van der Waals surface area (Å²) >= 11 is 0. The summed E-state index contributed by atoms with van der Waals surface area (Å²) in [6.45, 7) is 1.69. The number of hydrogen-bond donors (Lipinski definition) is 2. The van der Waals surface area contributed by atoms with Gasteiger partial charge in [-0.1, -0.05) is 18.2 Å². The maximum Gasteiger partial charge on any atom is 0.259 e. The number of amides is 2. The predicted molar refractivity (Wildman–Crippen MR) is 128 cm³/mol. The normalized spacial score (nSPS) is 18.3. The van der Waals surface area contributed by atoms with Crippen molar-refractivity contribution in [2.45, 2.75) is 12.5 Å². The molecule has 2 aromatic heterocycles. The molecule has 168 valence electrons. The number of halogens is 1. The number of fused-ring (bicyclic) bond motifs is 2. The highest BCUT2D eigenvalue weighted by molar-refractivity contribution is 6.50. The van der Waals surface area contributed by atoms with E-state index in [-0.39, 0.29) is 18.5 Å². The highest BCUT2D eigenvalue weighted by Crippen LogP contribution is 2.40. The van der Waals surface area contributed by atoms with Crippen LogP contribution in [-0.4, -0.2) is 35.6 Å². The molecular weight excluding hydrogens is 442 g/mol. The Hall–Kier alpha value is -3.55. The lowest BCUT2D eigenvalue weighted by Gasteiger charge is -2.14. The van der Waals surface area contributed by atoms with Gasteiger partial charge in [0.05, 0.1) is 17.4 Å². The van der Waals surface area contributed by atoms with Crippen LogP contribution in [0.5, 0.6) is 5.75 Å². The standard InChI is InChI=1S/C25H21N3O4.ClH/c1-28-13-19(17-4-2-3-5-20(17)28)22-21(24(29)27-25(22)30)18-11-16(32-15-6-8-26-12-15)10-14-7-9-31-23(14)18;/h2-5,7,9-11,13,15,26H,6,8,12H2,1H3,(H,27,29,30);1H. The summed E-state index contributed by atoms with van der Waals surface area (Å²) in [4.78, 5) is 26.0. The molecule has 1 saturated heterocycles. The lowest BCUT2D eigenvalue weighted by molar-refractivity contribution is -0.122. The Morgan fingerprint density at radius 2 is 1.85 bits per heavy atom. The monoisotopic (exact) mass is 463 g/mol. The number of ether oxygens (including phenoxy) is 1. The lowest BCUT2D eigenvalue weighted by Crippen LogP contribution is -2.22. The van der Waals surface area contributed by atoms with Crippen LogP contribution in [0.3, 0.4) is 0 Å². The van der Waals surface area contributed by atoms with Crippen molar-refractivity contribution in [3.8, 4) is 5.75 Å². The molecule has 33 heavy (non-hydrogen) atoms. The number of benzene rings is 2. The molecule has 2 aromatic carbocycles. The van der Waals surface area contributed by atoms with Crippen LogP contribution in [0.4, 0.5) is 0 Å². The molecule has 0 aliphatic carbocycles. The third kappa shape index (κ3) is 3.41. The third-order valence-electron chi connectivity index (χ3n) is 6.21. The van der Waals surface area contributed by atoms with Gasteiger partial charge in [-0.15, -0.1) is 12.4 Å². The van der Waals surface area contributed by atoms with Crippen LogP contribution in [0.25, 0.3) is 33.0 Å². The number of furan rings is 1. The number of carbonyl (C=O) groups is 2. The lowest BCUT2D eigenvalue weighted by atomic mass is 9.94. The van der Waals surface area contributed by atoms with E-state index in [0.717, 1.165) is 35.8 Å². The molecule has 8 heteroatoms. The van der Waals surface area contributed by atoms with Crippen LogP contribution in [0.2, 0.25) is 0 Å². The molecule has 7 nitrogen and oxygen atoms in total. The molecule has 4 aromatic rings. The summed E-state index contributed by atoms with van der Waals surface area (Å²) in [6.07, 6.45) is 4.46. The largest absolute Gasteiger partial charge is 0.489 e. The van der Waals surface area contributed by atoms with E-state index in [0.29, 0.717) is 33.6 Å². The zero-order chi connectivity index (χ0) is 21.8. The summed E-state index contributed by atoms with van der Waals surface area (Å²) < 4.78 is 13.9. The second kappa shape index (κ2) is 8.10. The summed E-state index contributed by atoms with van der Waals surface area (Å²) in [5, 5.41) is 7.50. The molecule has 2 N–H and O–H groups in total. The molecule has 1 unspecified atom stereocenters. The van der Waals surface area contributed by atoms with E-state index in [1.807, 2.05) is 60.3 Å². The van der Waals surface area contributed by atoms with E-state index in [1.165, 1.54) is 0 Å². The second-order valence-corrected chi connectivity index (χ2v) is 8.25. The summed E-state index contributed by atoms with van der Waals surface area (Å²) in [5.41, 5.74) is 3.47. The molecule has 1 fully saturated rings. The fourth-order valence-corrected chi connectivity index (χ4v) is 4.74. The van der Waals surface area contributed by atoms with Crippen molar-refractivity contribution < 1.29 is 18.7 Å². The summed E-state index contributed by atoms with van der Waals surface area (Å²) in [7, 11) is 1.93. The summed E-state index contributed by atoms with van der Waals surface area (Å²) in [6, 6.07) is 13.4. The van der Waals surface area contributed by atoms with Gasteiger partial charge >= 0.3 is 0 Å². The number of rotatable bonds is 4. The Morgan fingerprint density at radius 1 is 1.06 bits per heavy atom. The number of aromatic nitrogens is 1. The van der Waals surface area contributed by atoms with Crippen LogP contribution in [-0.2, 0) is 16.6 Å². The Morgan fingerprint density at radius 3 is 2.64 bits per heavy atom. The quantitative estimate of drug-likeness (QED) is 0.451. The molecule has 2 aliphatic heterocycles. The fraction of sp³-hybridized carbons (Fsp3) is 0.200. The molecule has 4 heterocycles. The van der Waals surface area contributed by atoms with Crippen molar-refractivity contribution >= 4 is 57.2 Å². The Bertz CT molecular complexity index is 1440. The number of carbonyl (C=O) groups excluding carboxylic acids is 2. The van der Waals surface area contributed by atoms with Crippen LogP contribution in [0.1, 0.15) is 17.5 Å². The van der Waals surface area contributed by atoms with E-state index >= 15 is 0 Å². The van der Waals surface area contributed by atoms with Gasteiger partial charge < -0.3 is 19.0 Å². The molecule has 0 spiro atoms. The number of imide groups is 1. The highest BCUT2D eigenvalue weighted by Gasteiger charge is 2.35. The van der Waals surface area contributed by atoms with Crippen molar-refractivity contribution in [2.75, 3.05) is 13.1 Å². The molecule has 2 aliphatic rings. The van der Waals surface area contributed by atoms with Crippen LogP contribution in [0, 0.1) is 0 Å². The molecule has 0 radical (unpaired) electrons. The molecule has 1 atom stereocenters. The molecule has 0 bridgehead atoms. The van der Waals surface area contributed by atoms with E-state index in [2.05, 4.69) is 10.6 Å². The molecule has 2 amide bonds. The van der Waals surface area contributed by atoms with Crippen LogP contribution < -0.4 is 15.4 Å². The molecular formula is C25H22ClN3O4. The maximum absolute atomic E-state index is 13.0. The van der Waals surface area contributed by atoms with Crippen molar-refractivity contribution in [3.63, 3.8) is 0 Å². The minimum absolute atomic E-state index is 0. The van der Waals surface area contributed by atoms with Gasteiger partial charge in [-0.3, -0.25) is 14.9 Å². The van der Waals surface area contributed by atoms with Gasteiger partial charge in [0.15, 0.2) is 0 Å². The molecule has 0 saturated carbocycles. The predicted octanol–water partition coefficient (Wildman–Crippen LogP) is 3.65. The Balaban J connectivity index is 0.00000228. The first-order valence-electron chi connectivity index (χ1n) is 10.6. The van der Waals surface area contributed by atoms with Crippen molar-refractivity contribution in [3.05, 3.63) is 66.1 Å². The highest BCUT2D eigenvalue weighted by atomic mass is 35.5. The third-order valence-corrected chi connectivity index (χ3v) is 6.21. The van der Waals surface area contributed by atoms with Gasteiger partial charge in [0.1, 0.15) is 17.4 Å². The number of para-hydroxylation sites is 1. The van der Waals surface area contributed by atoms with E-state index in [1.54, 1.807) is 6.26 Å². The first kappa shape index (κ1) is 21.3. The van der Waals surface area contributed by atoms with Crippen molar-refractivity contribution in [1.82, 2.24) is 15.2 Å². The zero-order valence-corrected chi connectivity index (χ0v) is 18.7. The number of nitrogens with zero attached hydrogens (tertiary/aromatic N) is 1. The maximum atomic E-state index is 13.0. The smallest absolute Gasteiger partial charge is 0.259 e. The number of hydrogen-bond acceptors (Lipinski definition) is 5. The van der Waals surface area contributed by atoms with Crippen molar-refractivity contribution in [1.29, 1.82) is 0 Å². The van der Waals surface area contributed by atoms with Gasteiger partial charge in [0.2, 0.25) is 0 Å². The average Bonchev–Trinajstić information content (AvgIpc) is 3.56. The topological polar surface area (TPSA) is 85.5 Å². The van der Waals surface area contributed by atoms with E-state index in [9.17, 15) is 9.59 Å². The fourth-order valence-electron chi connectivity index (χ4n) is 4.74. The van der Waals surface area contributed by atoms with Gasteiger partial charge in [-0.2, -0.15) is 0 Å². The van der Waals surface area contributed by atoms with Gasteiger partial charge in [-0.05, 0) is 37.2 Å². The van der Waals surface area contributed by atoms with Crippen LogP contribution >= 0.6 is 12.4 Å². The first-order valence-corrected chi connectivity index (χ1v) is 10.6. The Kier molecular flexibility index (Phi) is 5.23. The Labute approximate surface area is 195 Å². The van der Waals surface area contributed by atoms with E-state index < -0.39 is 11.8 Å². The zero-order valence-electron chi connectivity index (χ0n) is 17.9. The first-order chi connectivity index (χ1) is 15.6. The van der Waals surface area contributed by atoms with Gasteiger partial charge in [-0.25, -0.2) is 0 Å². The summed E-state index contributed by atoms with van der Waals surface area (Å²) in [5.74, 6) is -0.192. The van der Waals surface area contributed by atoms with Crippen molar-refractivity contribution in [2.24, 2.45) is 7.05 Å². The van der Waals surface area contributed by atoms with Gasteiger partial charge in [0, 0.05) is 47.2 Å². The van der Waals surface area contributed by atoms with Gasteiger partial charge in [0.25, 0.3) is 11.8 Å². The minimum atomic E-state index is -0.435. The number of nitrogens with one attached hydrogen (secondary N) is 2. The van der Waals surface area contributed by atoms with Crippen LogP contribution in [0.15, 0.2) is 59.3 Å². The average molecular weight is 464 g/mol. The SMILES string of the molecule is Cl.Cn1cc(C2=C(c3cc(OC4CCNC4)cc4ccoc34)C(=O)NC2=O)c2ccccc21. The minimum Gasteiger partial charge on any atom is -0.489 e. The number of aryl methyl sites for hydroxylation is 1.